The molecule has 4 heterocycles. The average molecular weight is 438 g/mol. The molecule has 1 amide bonds. The number of ether oxygens (including phenoxy) is 1. The number of aromatic nitrogens is 2. The van der Waals surface area contributed by atoms with E-state index in [1.807, 2.05) is 16.7 Å². The highest BCUT2D eigenvalue weighted by Gasteiger charge is 2.31. The van der Waals surface area contributed by atoms with Gasteiger partial charge in [0.2, 0.25) is 5.88 Å². The lowest BCUT2D eigenvalue weighted by molar-refractivity contribution is -0.137. The monoisotopic (exact) mass is 438 g/mol. The number of carbonyl (C=O) groups is 1. The van der Waals surface area contributed by atoms with Crippen LogP contribution in [0.4, 0.5) is 19.0 Å². The van der Waals surface area contributed by atoms with Crippen LogP contribution in [0.1, 0.15) is 22.3 Å². The summed E-state index contributed by atoms with van der Waals surface area (Å²) in [7, 11) is 0. The molecule has 4 rings (SSSR count). The van der Waals surface area contributed by atoms with Crippen LogP contribution in [0.5, 0.6) is 5.88 Å². The van der Waals surface area contributed by atoms with E-state index >= 15 is 0 Å². The molecule has 2 saturated heterocycles. The Bertz CT molecular complexity index is 880. The standard InChI is InChI=1S/C20H21F3N4O2S/c21-20(22,23)14-3-4-17(25-12-14)26-7-9-27(10-8-26)19(28)16-2-1-6-24-18(16)29-15-5-11-30-13-15/h1-4,6,12,15H,5,7-11,13H2. The molecule has 0 aliphatic carbocycles. The first-order valence-electron chi connectivity index (χ1n) is 9.69. The number of hydrogen-bond acceptors (Lipinski definition) is 6. The van der Waals surface area contributed by atoms with Crippen molar-refractivity contribution in [2.24, 2.45) is 0 Å². The number of anilines is 1. The number of hydrogen-bond donors (Lipinski definition) is 0. The number of nitrogens with zero attached hydrogens (tertiary/aromatic N) is 4. The predicted molar refractivity (Wildman–Crippen MR) is 108 cm³/mol. The summed E-state index contributed by atoms with van der Waals surface area (Å²) in [6, 6.07) is 5.83. The maximum absolute atomic E-state index is 13.0. The molecule has 0 N–H and O–H groups in total. The number of halogens is 3. The molecule has 160 valence electrons. The molecule has 0 spiro atoms. The summed E-state index contributed by atoms with van der Waals surface area (Å²) >= 11 is 1.82. The van der Waals surface area contributed by atoms with E-state index in [0.717, 1.165) is 30.2 Å². The van der Waals surface area contributed by atoms with Gasteiger partial charge in [0.1, 0.15) is 17.5 Å². The van der Waals surface area contributed by atoms with Gasteiger partial charge in [0.05, 0.1) is 5.56 Å². The molecule has 0 saturated carbocycles. The van der Waals surface area contributed by atoms with E-state index < -0.39 is 11.7 Å². The largest absolute Gasteiger partial charge is 0.473 e. The first-order valence-corrected chi connectivity index (χ1v) is 10.8. The third-order valence-electron chi connectivity index (χ3n) is 5.13. The highest BCUT2D eigenvalue weighted by atomic mass is 32.2. The minimum atomic E-state index is -4.41. The second-order valence-corrected chi connectivity index (χ2v) is 8.29. The Kier molecular flexibility index (Phi) is 6.03. The van der Waals surface area contributed by atoms with Gasteiger partial charge in [0.15, 0.2) is 0 Å². The number of amides is 1. The van der Waals surface area contributed by atoms with Crippen molar-refractivity contribution >= 4 is 23.5 Å². The van der Waals surface area contributed by atoms with Crippen molar-refractivity contribution in [1.29, 1.82) is 0 Å². The van der Waals surface area contributed by atoms with Crippen molar-refractivity contribution in [1.82, 2.24) is 14.9 Å². The maximum atomic E-state index is 13.0. The first-order chi connectivity index (χ1) is 14.4. The van der Waals surface area contributed by atoms with Gasteiger partial charge in [-0.1, -0.05) is 0 Å². The summed E-state index contributed by atoms with van der Waals surface area (Å²) in [5, 5.41) is 0. The van der Waals surface area contributed by atoms with E-state index in [9.17, 15) is 18.0 Å². The van der Waals surface area contributed by atoms with Crippen LogP contribution in [-0.2, 0) is 6.18 Å². The van der Waals surface area contributed by atoms with Gasteiger partial charge in [-0.25, -0.2) is 9.97 Å². The molecule has 0 aromatic carbocycles. The third kappa shape index (κ3) is 4.63. The topological polar surface area (TPSA) is 58.6 Å². The second-order valence-electron chi connectivity index (χ2n) is 7.14. The van der Waals surface area contributed by atoms with Crippen LogP contribution >= 0.6 is 11.8 Å². The third-order valence-corrected chi connectivity index (χ3v) is 6.27. The fourth-order valence-corrected chi connectivity index (χ4v) is 4.55. The van der Waals surface area contributed by atoms with Gasteiger partial charge in [-0.2, -0.15) is 24.9 Å². The van der Waals surface area contributed by atoms with E-state index in [0.29, 0.717) is 43.4 Å². The summed E-state index contributed by atoms with van der Waals surface area (Å²) < 4.78 is 44.1. The van der Waals surface area contributed by atoms with Crippen LogP contribution in [0.15, 0.2) is 36.7 Å². The molecule has 2 aromatic heterocycles. The zero-order valence-electron chi connectivity index (χ0n) is 16.1. The number of piperazine rings is 1. The van der Waals surface area contributed by atoms with Crippen molar-refractivity contribution in [3.63, 3.8) is 0 Å². The minimum Gasteiger partial charge on any atom is -0.473 e. The van der Waals surface area contributed by atoms with Crippen LogP contribution in [0.25, 0.3) is 0 Å². The van der Waals surface area contributed by atoms with Gasteiger partial charge in [0, 0.05) is 44.3 Å². The van der Waals surface area contributed by atoms with Crippen molar-refractivity contribution in [3.05, 3.63) is 47.8 Å². The second kappa shape index (κ2) is 8.71. The van der Waals surface area contributed by atoms with Gasteiger partial charge in [-0.15, -0.1) is 0 Å². The Morgan fingerprint density at radius 1 is 1.13 bits per heavy atom. The lowest BCUT2D eigenvalue weighted by Crippen LogP contribution is -2.49. The van der Waals surface area contributed by atoms with Crippen molar-refractivity contribution in [2.45, 2.75) is 18.7 Å². The van der Waals surface area contributed by atoms with Crippen molar-refractivity contribution < 1.29 is 22.7 Å². The summed E-state index contributed by atoms with van der Waals surface area (Å²) in [6.07, 6.45) is -0.944. The molecule has 0 bridgehead atoms. The zero-order chi connectivity index (χ0) is 21.1. The lowest BCUT2D eigenvalue weighted by atomic mass is 10.2. The van der Waals surface area contributed by atoms with Crippen LogP contribution in [0.2, 0.25) is 0 Å². The van der Waals surface area contributed by atoms with Gasteiger partial charge < -0.3 is 14.5 Å². The molecular formula is C20H21F3N4O2S. The first kappa shape index (κ1) is 20.8. The molecule has 0 radical (unpaired) electrons. The van der Waals surface area contributed by atoms with Crippen LogP contribution in [-0.4, -0.2) is 64.6 Å². The van der Waals surface area contributed by atoms with Gasteiger partial charge >= 0.3 is 6.18 Å². The zero-order valence-corrected chi connectivity index (χ0v) is 17.0. The van der Waals surface area contributed by atoms with E-state index in [2.05, 4.69) is 9.97 Å². The molecule has 1 unspecified atom stereocenters. The Balaban J connectivity index is 1.39. The summed E-state index contributed by atoms with van der Waals surface area (Å²) in [5.41, 5.74) is -0.333. The Labute approximate surface area is 176 Å². The van der Waals surface area contributed by atoms with Crippen molar-refractivity contribution in [2.75, 3.05) is 42.6 Å². The molecule has 2 fully saturated rings. The van der Waals surface area contributed by atoms with Crippen LogP contribution in [0.3, 0.4) is 0 Å². The molecule has 2 aromatic rings. The molecule has 2 aliphatic heterocycles. The van der Waals surface area contributed by atoms with Gasteiger partial charge in [-0.3, -0.25) is 4.79 Å². The van der Waals surface area contributed by atoms with E-state index in [4.69, 9.17) is 4.74 Å². The van der Waals surface area contributed by atoms with E-state index in [1.165, 1.54) is 6.07 Å². The SMILES string of the molecule is O=C(c1cccnc1OC1CCSC1)N1CCN(c2ccc(C(F)(F)F)cn2)CC1. The number of rotatable bonds is 4. The fraction of sp³-hybridized carbons (Fsp3) is 0.450. The fourth-order valence-electron chi connectivity index (χ4n) is 3.46. The Hall–Kier alpha value is -2.49. The average Bonchev–Trinajstić information content (AvgIpc) is 3.26. The molecule has 1 atom stereocenters. The molecule has 30 heavy (non-hydrogen) atoms. The lowest BCUT2D eigenvalue weighted by Gasteiger charge is -2.35. The Morgan fingerprint density at radius 3 is 2.57 bits per heavy atom. The van der Waals surface area contributed by atoms with E-state index in [-0.39, 0.29) is 12.0 Å². The number of alkyl halides is 3. The number of pyridine rings is 2. The van der Waals surface area contributed by atoms with Crippen LogP contribution in [0, 0.1) is 0 Å². The summed E-state index contributed by atoms with van der Waals surface area (Å²) in [5.74, 6) is 2.62. The highest BCUT2D eigenvalue weighted by molar-refractivity contribution is 7.99. The normalized spacial score (nSPS) is 19.8. The van der Waals surface area contributed by atoms with E-state index in [1.54, 1.807) is 23.2 Å². The molecular weight excluding hydrogens is 417 g/mol. The van der Waals surface area contributed by atoms with Crippen molar-refractivity contribution in [3.8, 4) is 5.88 Å². The van der Waals surface area contributed by atoms with Gasteiger partial charge in [0.25, 0.3) is 5.91 Å². The Morgan fingerprint density at radius 2 is 1.93 bits per heavy atom. The quantitative estimate of drug-likeness (QED) is 0.730. The van der Waals surface area contributed by atoms with Gasteiger partial charge in [-0.05, 0) is 36.4 Å². The summed E-state index contributed by atoms with van der Waals surface area (Å²) in [4.78, 5) is 24.8. The summed E-state index contributed by atoms with van der Waals surface area (Å²) in [6.45, 7) is 1.85. The minimum absolute atomic E-state index is 0.0686. The maximum Gasteiger partial charge on any atom is 0.417 e. The number of thioether (sulfide) groups is 1. The number of carbonyl (C=O) groups excluding carboxylic acids is 1. The molecule has 10 heteroatoms. The van der Waals surface area contributed by atoms with Crippen LogP contribution < -0.4 is 9.64 Å². The smallest absolute Gasteiger partial charge is 0.417 e. The predicted octanol–water partition coefficient (Wildman–Crippen LogP) is 3.34. The molecule has 2 aliphatic rings. The highest BCUT2D eigenvalue weighted by Crippen LogP contribution is 2.30. The molecule has 6 nitrogen and oxygen atoms in total.